The fourth-order valence-electron chi connectivity index (χ4n) is 1.23. The number of hydrazine groups is 1. The molecular weight excluding hydrogens is 247 g/mol. The van der Waals surface area contributed by atoms with Gasteiger partial charge in [0.25, 0.3) is 0 Å². The van der Waals surface area contributed by atoms with Gasteiger partial charge in [0.1, 0.15) is 5.76 Å². The maximum Gasteiger partial charge on any atom is 0.200 e. The van der Waals surface area contributed by atoms with Gasteiger partial charge >= 0.3 is 0 Å². The van der Waals surface area contributed by atoms with E-state index in [2.05, 4.69) is 5.43 Å². The van der Waals surface area contributed by atoms with Crippen molar-refractivity contribution in [2.75, 3.05) is 5.17 Å². The number of nitrogens with zero attached hydrogens (tertiary/aromatic N) is 1. The maximum absolute atomic E-state index is 13.3. The van der Waals surface area contributed by atoms with Crippen molar-refractivity contribution in [1.82, 2.24) is 5.43 Å². The van der Waals surface area contributed by atoms with Crippen LogP contribution in [-0.2, 0) is 4.84 Å². The predicted molar refractivity (Wildman–Crippen MR) is 46.7 cm³/mol. The van der Waals surface area contributed by atoms with Crippen LogP contribution in [0.1, 0.15) is 6.92 Å². The van der Waals surface area contributed by atoms with Crippen LogP contribution in [0, 0.1) is 29.1 Å². The highest BCUT2D eigenvalue weighted by molar-refractivity contribution is 5.48. The summed E-state index contributed by atoms with van der Waals surface area (Å²) in [5, 5.41) is 0.353. The molecule has 1 aromatic rings. The van der Waals surface area contributed by atoms with Crippen molar-refractivity contribution in [3.05, 3.63) is 41.0 Å². The summed E-state index contributed by atoms with van der Waals surface area (Å²) in [4.78, 5) is 4.71. The topological polar surface area (TPSA) is 24.5 Å². The number of halogens is 5. The van der Waals surface area contributed by atoms with Crippen LogP contribution in [0.25, 0.3) is 0 Å². The van der Waals surface area contributed by atoms with Gasteiger partial charge in [0.15, 0.2) is 29.0 Å². The standard InChI is InChI=1S/C9H5F5N2O/c1-3-2-15-16(17-3)9-7(13)5(11)4(10)6(12)8(9)14/h2,15H,1H3. The van der Waals surface area contributed by atoms with Gasteiger partial charge in [0, 0.05) is 0 Å². The van der Waals surface area contributed by atoms with E-state index in [-0.39, 0.29) is 5.76 Å². The zero-order chi connectivity index (χ0) is 12.7. The quantitative estimate of drug-likeness (QED) is 0.472. The second kappa shape index (κ2) is 3.79. The van der Waals surface area contributed by atoms with E-state index in [4.69, 9.17) is 4.84 Å². The Hall–Kier alpha value is -1.99. The zero-order valence-corrected chi connectivity index (χ0v) is 8.32. The lowest BCUT2D eigenvalue weighted by molar-refractivity contribution is 0.184. The van der Waals surface area contributed by atoms with Crippen LogP contribution in [-0.4, -0.2) is 0 Å². The SMILES string of the molecule is CC1=CNN(c2c(F)c(F)c(F)c(F)c2F)O1. The largest absolute Gasteiger partial charge is 0.362 e. The average molecular weight is 252 g/mol. The predicted octanol–water partition coefficient (Wildman–Crippen LogP) is 2.50. The molecule has 1 aliphatic heterocycles. The number of nitrogens with one attached hydrogen (secondary N) is 1. The van der Waals surface area contributed by atoms with Crippen LogP contribution in [0.3, 0.4) is 0 Å². The minimum Gasteiger partial charge on any atom is -0.362 e. The first-order valence-electron chi connectivity index (χ1n) is 4.36. The molecule has 1 N–H and O–H groups in total. The van der Waals surface area contributed by atoms with Crippen molar-refractivity contribution in [3.63, 3.8) is 0 Å². The molecule has 2 rings (SSSR count). The Kier molecular flexibility index (Phi) is 2.56. The molecule has 92 valence electrons. The Morgan fingerprint density at radius 2 is 1.41 bits per heavy atom. The molecule has 1 aliphatic rings. The van der Waals surface area contributed by atoms with Gasteiger partial charge in [-0.2, -0.15) is 0 Å². The molecule has 0 radical (unpaired) electrons. The molecule has 0 spiro atoms. The molecule has 0 aliphatic carbocycles. The van der Waals surface area contributed by atoms with Crippen LogP contribution in [0.2, 0.25) is 0 Å². The Balaban J connectivity index is 2.55. The number of hydrogen-bond acceptors (Lipinski definition) is 3. The molecule has 0 amide bonds. The van der Waals surface area contributed by atoms with E-state index in [0.29, 0.717) is 5.17 Å². The van der Waals surface area contributed by atoms with Crippen molar-refractivity contribution in [2.45, 2.75) is 6.92 Å². The van der Waals surface area contributed by atoms with Crippen molar-refractivity contribution in [2.24, 2.45) is 0 Å². The molecule has 0 atom stereocenters. The van der Waals surface area contributed by atoms with E-state index in [1.807, 2.05) is 0 Å². The van der Waals surface area contributed by atoms with Gasteiger partial charge in [-0.05, 0) is 6.92 Å². The van der Waals surface area contributed by atoms with Crippen LogP contribution >= 0.6 is 0 Å². The number of benzene rings is 1. The molecule has 1 aromatic carbocycles. The first kappa shape index (κ1) is 11.5. The van der Waals surface area contributed by atoms with Gasteiger partial charge in [0.2, 0.25) is 5.82 Å². The van der Waals surface area contributed by atoms with E-state index >= 15 is 0 Å². The van der Waals surface area contributed by atoms with Gasteiger partial charge in [-0.15, -0.1) is 5.17 Å². The molecule has 0 fully saturated rings. The van der Waals surface area contributed by atoms with Crippen molar-refractivity contribution >= 4 is 5.69 Å². The van der Waals surface area contributed by atoms with E-state index in [0.717, 1.165) is 0 Å². The first-order chi connectivity index (χ1) is 7.93. The highest BCUT2D eigenvalue weighted by Crippen LogP contribution is 2.31. The summed E-state index contributed by atoms with van der Waals surface area (Å²) in [5.41, 5.74) is 0.992. The second-order valence-corrected chi connectivity index (χ2v) is 3.19. The Labute approximate surface area is 92.0 Å². The molecule has 0 bridgehead atoms. The van der Waals surface area contributed by atoms with Crippen LogP contribution in [0.15, 0.2) is 12.0 Å². The molecule has 8 heteroatoms. The third kappa shape index (κ3) is 1.65. The summed E-state index contributed by atoms with van der Waals surface area (Å²) in [6.45, 7) is 1.43. The van der Waals surface area contributed by atoms with E-state index in [9.17, 15) is 22.0 Å². The second-order valence-electron chi connectivity index (χ2n) is 3.19. The monoisotopic (exact) mass is 252 g/mol. The Morgan fingerprint density at radius 1 is 0.941 bits per heavy atom. The minimum absolute atomic E-state index is 0.203. The fraction of sp³-hybridized carbons (Fsp3) is 0.111. The van der Waals surface area contributed by atoms with Crippen LogP contribution in [0.5, 0.6) is 0 Å². The van der Waals surface area contributed by atoms with Crippen LogP contribution in [0.4, 0.5) is 27.6 Å². The third-order valence-corrected chi connectivity index (χ3v) is 2.01. The molecular formula is C9H5F5N2O. The Bertz CT molecular complexity index is 488. The lowest BCUT2D eigenvalue weighted by Gasteiger charge is -2.19. The van der Waals surface area contributed by atoms with E-state index in [1.165, 1.54) is 13.1 Å². The molecule has 1 heterocycles. The number of anilines is 1. The number of hydrogen-bond donors (Lipinski definition) is 1. The van der Waals surface area contributed by atoms with Gasteiger partial charge in [-0.25, -0.2) is 22.0 Å². The van der Waals surface area contributed by atoms with Crippen molar-refractivity contribution in [3.8, 4) is 0 Å². The van der Waals surface area contributed by atoms with Crippen molar-refractivity contribution < 1.29 is 26.8 Å². The van der Waals surface area contributed by atoms with E-state index in [1.54, 1.807) is 0 Å². The van der Waals surface area contributed by atoms with Gasteiger partial charge < -0.3 is 4.84 Å². The maximum atomic E-state index is 13.3. The van der Waals surface area contributed by atoms with Gasteiger partial charge in [0.05, 0.1) is 6.20 Å². The first-order valence-corrected chi connectivity index (χ1v) is 4.36. The lowest BCUT2D eigenvalue weighted by Crippen LogP contribution is -2.31. The average Bonchev–Trinajstić information content (AvgIpc) is 2.71. The summed E-state index contributed by atoms with van der Waals surface area (Å²) >= 11 is 0. The molecule has 0 saturated heterocycles. The van der Waals surface area contributed by atoms with E-state index < -0.39 is 34.8 Å². The molecule has 3 nitrogen and oxygen atoms in total. The van der Waals surface area contributed by atoms with Gasteiger partial charge in [-0.1, -0.05) is 0 Å². The van der Waals surface area contributed by atoms with Crippen molar-refractivity contribution in [1.29, 1.82) is 0 Å². The molecule has 0 aromatic heterocycles. The normalized spacial score (nSPS) is 14.5. The smallest absolute Gasteiger partial charge is 0.200 e. The summed E-state index contributed by atoms with van der Waals surface area (Å²) in [6, 6.07) is 0. The van der Waals surface area contributed by atoms with Gasteiger partial charge in [-0.3, -0.25) is 5.43 Å². The fourth-order valence-corrected chi connectivity index (χ4v) is 1.23. The third-order valence-electron chi connectivity index (χ3n) is 2.01. The number of rotatable bonds is 1. The molecule has 0 saturated carbocycles. The lowest BCUT2D eigenvalue weighted by atomic mass is 10.2. The summed E-state index contributed by atoms with van der Waals surface area (Å²) in [7, 11) is 0. The summed E-state index contributed by atoms with van der Waals surface area (Å²) in [6.07, 6.45) is 1.19. The zero-order valence-electron chi connectivity index (χ0n) is 8.32. The summed E-state index contributed by atoms with van der Waals surface area (Å²) < 4.78 is 65.0. The molecule has 0 unspecified atom stereocenters. The minimum atomic E-state index is -2.22. The highest BCUT2D eigenvalue weighted by Gasteiger charge is 2.31. The van der Waals surface area contributed by atoms with Crippen LogP contribution < -0.4 is 10.6 Å². The number of allylic oxidation sites excluding steroid dienone is 1. The summed E-state index contributed by atoms with van der Waals surface area (Å²) in [5.74, 6) is -10.0. The highest BCUT2D eigenvalue weighted by atomic mass is 19.2. The Morgan fingerprint density at radius 3 is 1.82 bits per heavy atom. The molecule has 17 heavy (non-hydrogen) atoms.